The fraction of sp³-hybridized carbons (Fsp3) is 0.333. The molecular formula is C21H22FN3O3S. The van der Waals surface area contributed by atoms with E-state index >= 15 is 0 Å². The second-order valence-corrected chi connectivity index (χ2v) is 9.29. The Bertz CT molecular complexity index is 1130. The van der Waals surface area contributed by atoms with Gasteiger partial charge < -0.3 is 4.52 Å². The zero-order valence-electron chi connectivity index (χ0n) is 16.5. The standard InChI is InChI=1S/C21H22FN3O3S/c1-13-11-14(2)19(15(3)12-13)29(26,27)25-10-4-5-18(25)21-23-20(24-28-21)16-6-8-17(22)9-7-16/h6-9,11-12,18H,4-5,10H2,1-3H3/t18-/m1/s1. The molecule has 1 aliphatic heterocycles. The number of rotatable bonds is 4. The molecule has 6 nitrogen and oxygen atoms in total. The lowest BCUT2D eigenvalue weighted by atomic mass is 10.1. The molecule has 1 aromatic heterocycles. The molecule has 0 spiro atoms. The second-order valence-electron chi connectivity index (χ2n) is 7.46. The summed E-state index contributed by atoms with van der Waals surface area (Å²) in [5.41, 5.74) is 3.09. The van der Waals surface area contributed by atoms with Crippen LogP contribution in [0.25, 0.3) is 11.4 Å². The summed E-state index contributed by atoms with van der Waals surface area (Å²) < 4.78 is 47.0. The Morgan fingerprint density at radius 3 is 2.41 bits per heavy atom. The highest BCUT2D eigenvalue weighted by Crippen LogP contribution is 2.38. The Morgan fingerprint density at radius 1 is 1.10 bits per heavy atom. The van der Waals surface area contributed by atoms with Crippen molar-refractivity contribution < 1.29 is 17.3 Å². The van der Waals surface area contributed by atoms with Crippen LogP contribution in [0, 0.1) is 26.6 Å². The molecule has 4 rings (SSSR count). The maximum absolute atomic E-state index is 13.5. The van der Waals surface area contributed by atoms with Crippen LogP contribution in [-0.2, 0) is 10.0 Å². The first-order valence-corrected chi connectivity index (χ1v) is 10.9. The normalized spacial score (nSPS) is 17.7. The highest BCUT2D eigenvalue weighted by molar-refractivity contribution is 7.89. The van der Waals surface area contributed by atoms with Crippen LogP contribution in [0.1, 0.15) is 41.5 Å². The number of benzene rings is 2. The molecule has 0 aliphatic carbocycles. The minimum atomic E-state index is -3.72. The largest absolute Gasteiger partial charge is 0.337 e. The van der Waals surface area contributed by atoms with Crippen molar-refractivity contribution in [3.63, 3.8) is 0 Å². The zero-order chi connectivity index (χ0) is 20.8. The van der Waals surface area contributed by atoms with Crippen molar-refractivity contribution in [3.8, 4) is 11.4 Å². The van der Waals surface area contributed by atoms with Gasteiger partial charge in [-0.05, 0) is 69.0 Å². The van der Waals surface area contributed by atoms with Gasteiger partial charge in [-0.1, -0.05) is 22.9 Å². The lowest BCUT2D eigenvalue weighted by Crippen LogP contribution is -2.32. The average molecular weight is 415 g/mol. The van der Waals surface area contributed by atoms with Crippen molar-refractivity contribution in [3.05, 3.63) is 64.8 Å². The molecule has 0 bridgehead atoms. The van der Waals surface area contributed by atoms with Gasteiger partial charge in [-0.25, -0.2) is 12.8 Å². The molecule has 0 radical (unpaired) electrons. The molecule has 152 valence electrons. The second kappa shape index (κ2) is 7.35. The first kappa shape index (κ1) is 19.7. The predicted molar refractivity (Wildman–Crippen MR) is 106 cm³/mol. The molecule has 2 heterocycles. The molecule has 1 aliphatic rings. The van der Waals surface area contributed by atoms with Crippen molar-refractivity contribution in [2.75, 3.05) is 6.54 Å². The molecule has 0 saturated carbocycles. The lowest BCUT2D eigenvalue weighted by molar-refractivity contribution is 0.290. The van der Waals surface area contributed by atoms with Crippen LogP contribution in [0.2, 0.25) is 0 Å². The topological polar surface area (TPSA) is 76.3 Å². The van der Waals surface area contributed by atoms with Gasteiger partial charge in [0, 0.05) is 12.1 Å². The van der Waals surface area contributed by atoms with Gasteiger partial charge in [0.25, 0.3) is 0 Å². The van der Waals surface area contributed by atoms with E-state index in [9.17, 15) is 12.8 Å². The Labute approximate surface area is 169 Å². The molecule has 29 heavy (non-hydrogen) atoms. The Morgan fingerprint density at radius 2 is 1.76 bits per heavy atom. The zero-order valence-corrected chi connectivity index (χ0v) is 17.3. The fourth-order valence-electron chi connectivity index (χ4n) is 4.05. The van der Waals surface area contributed by atoms with Gasteiger partial charge in [-0.2, -0.15) is 9.29 Å². The van der Waals surface area contributed by atoms with Gasteiger partial charge in [-0.15, -0.1) is 0 Å². The summed E-state index contributed by atoms with van der Waals surface area (Å²) in [6, 6.07) is 9.01. The van der Waals surface area contributed by atoms with E-state index in [1.54, 1.807) is 12.1 Å². The number of sulfonamides is 1. The highest BCUT2D eigenvalue weighted by Gasteiger charge is 2.40. The SMILES string of the molecule is Cc1cc(C)c(S(=O)(=O)N2CCC[C@@H]2c2nc(-c3ccc(F)cc3)no2)c(C)c1. The number of hydrogen-bond donors (Lipinski definition) is 0. The monoisotopic (exact) mass is 415 g/mol. The summed E-state index contributed by atoms with van der Waals surface area (Å²) >= 11 is 0. The Kier molecular flexibility index (Phi) is 5.00. The quantitative estimate of drug-likeness (QED) is 0.634. The van der Waals surface area contributed by atoms with Crippen molar-refractivity contribution in [1.29, 1.82) is 0 Å². The van der Waals surface area contributed by atoms with Gasteiger partial charge >= 0.3 is 0 Å². The van der Waals surface area contributed by atoms with E-state index in [0.717, 1.165) is 16.7 Å². The summed E-state index contributed by atoms with van der Waals surface area (Å²) in [6.45, 7) is 5.98. The molecule has 1 saturated heterocycles. The van der Waals surface area contributed by atoms with E-state index in [1.165, 1.54) is 16.4 Å². The van der Waals surface area contributed by atoms with Crippen LogP contribution in [0.15, 0.2) is 45.8 Å². The van der Waals surface area contributed by atoms with Crippen molar-refractivity contribution in [1.82, 2.24) is 14.4 Å². The molecule has 8 heteroatoms. The summed E-state index contributed by atoms with van der Waals surface area (Å²) in [5, 5.41) is 3.97. The molecule has 1 fully saturated rings. The van der Waals surface area contributed by atoms with E-state index in [-0.39, 0.29) is 11.7 Å². The molecule has 0 N–H and O–H groups in total. The summed E-state index contributed by atoms with van der Waals surface area (Å²) in [6.07, 6.45) is 1.32. The van der Waals surface area contributed by atoms with Gasteiger partial charge in [0.1, 0.15) is 11.9 Å². The van der Waals surface area contributed by atoms with Crippen LogP contribution in [0.4, 0.5) is 4.39 Å². The summed E-state index contributed by atoms with van der Waals surface area (Å²) in [7, 11) is -3.72. The summed E-state index contributed by atoms with van der Waals surface area (Å²) in [4.78, 5) is 4.74. The maximum atomic E-state index is 13.5. The Hall–Kier alpha value is -2.58. The molecule has 2 aromatic carbocycles. The van der Waals surface area contributed by atoms with Crippen LogP contribution in [-0.4, -0.2) is 29.4 Å². The molecule has 0 unspecified atom stereocenters. The van der Waals surface area contributed by atoms with Crippen LogP contribution in [0.3, 0.4) is 0 Å². The van der Waals surface area contributed by atoms with E-state index in [0.29, 0.717) is 35.7 Å². The average Bonchev–Trinajstić information content (AvgIpc) is 3.31. The van der Waals surface area contributed by atoms with E-state index in [1.807, 2.05) is 32.9 Å². The van der Waals surface area contributed by atoms with Crippen molar-refractivity contribution >= 4 is 10.0 Å². The van der Waals surface area contributed by atoms with E-state index in [2.05, 4.69) is 10.1 Å². The van der Waals surface area contributed by atoms with Gasteiger partial charge in [0.2, 0.25) is 21.7 Å². The number of halogens is 1. The third-order valence-corrected chi connectivity index (χ3v) is 7.42. The number of aryl methyl sites for hydroxylation is 3. The number of nitrogens with zero attached hydrogens (tertiary/aromatic N) is 3. The molecule has 1 atom stereocenters. The Balaban J connectivity index is 1.69. The summed E-state index contributed by atoms with van der Waals surface area (Å²) in [5.74, 6) is 0.217. The lowest BCUT2D eigenvalue weighted by Gasteiger charge is -2.23. The fourth-order valence-corrected chi connectivity index (χ4v) is 6.12. The van der Waals surface area contributed by atoms with Crippen molar-refractivity contribution in [2.24, 2.45) is 0 Å². The smallest absolute Gasteiger partial charge is 0.245 e. The first-order chi connectivity index (χ1) is 13.8. The molecular weight excluding hydrogens is 393 g/mol. The number of hydrogen-bond acceptors (Lipinski definition) is 5. The highest BCUT2D eigenvalue weighted by atomic mass is 32.2. The minimum Gasteiger partial charge on any atom is -0.337 e. The molecule has 0 amide bonds. The predicted octanol–water partition coefficient (Wildman–Crippen LogP) is 4.33. The maximum Gasteiger partial charge on any atom is 0.245 e. The minimum absolute atomic E-state index is 0.257. The van der Waals surface area contributed by atoms with Crippen LogP contribution >= 0.6 is 0 Å². The third-order valence-electron chi connectivity index (χ3n) is 5.20. The van der Waals surface area contributed by atoms with Gasteiger partial charge in [0.05, 0.1) is 4.90 Å². The first-order valence-electron chi connectivity index (χ1n) is 9.46. The van der Waals surface area contributed by atoms with Crippen molar-refractivity contribution in [2.45, 2.75) is 44.6 Å². The number of aromatic nitrogens is 2. The van der Waals surface area contributed by atoms with Crippen LogP contribution < -0.4 is 0 Å². The third kappa shape index (κ3) is 3.58. The van der Waals surface area contributed by atoms with Crippen LogP contribution in [0.5, 0.6) is 0 Å². The van der Waals surface area contributed by atoms with Gasteiger partial charge in [0.15, 0.2) is 0 Å². The molecule has 3 aromatic rings. The van der Waals surface area contributed by atoms with Gasteiger partial charge in [-0.3, -0.25) is 0 Å². The van der Waals surface area contributed by atoms with E-state index < -0.39 is 16.1 Å². The van der Waals surface area contributed by atoms with E-state index in [4.69, 9.17) is 4.52 Å².